The Morgan fingerprint density at radius 3 is 2.42 bits per heavy atom. The van der Waals surface area contributed by atoms with Crippen molar-refractivity contribution in [1.82, 2.24) is 0 Å². The van der Waals surface area contributed by atoms with Crippen molar-refractivity contribution in [2.24, 2.45) is 5.92 Å². The molecule has 0 aliphatic carbocycles. The molecule has 0 bridgehead atoms. The summed E-state index contributed by atoms with van der Waals surface area (Å²) in [6, 6.07) is 0. The van der Waals surface area contributed by atoms with Gasteiger partial charge in [-0.25, -0.2) is 0 Å². The summed E-state index contributed by atoms with van der Waals surface area (Å²) in [4.78, 5) is 10.1. The van der Waals surface area contributed by atoms with E-state index in [4.69, 9.17) is 19.1 Å². The third-order valence-electron chi connectivity index (χ3n) is 3.78. The van der Waals surface area contributed by atoms with E-state index in [1.54, 1.807) is 13.8 Å². The Labute approximate surface area is 114 Å². The summed E-state index contributed by atoms with van der Waals surface area (Å²) in [6.45, 7) is 7.14. The maximum absolute atomic E-state index is 12.3. The van der Waals surface area contributed by atoms with Crippen molar-refractivity contribution in [2.75, 3.05) is 13.7 Å². The first-order chi connectivity index (χ1) is 8.64. The molecule has 1 fully saturated rings. The predicted octanol–water partition coefficient (Wildman–Crippen LogP) is 1.75. The number of hydrogen-bond donors (Lipinski definition) is 2. The van der Waals surface area contributed by atoms with E-state index < -0.39 is 25.1 Å². The molecule has 6 nitrogen and oxygen atoms in total. The fourth-order valence-electron chi connectivity index (χ4n) is 1.82. The van der Waals surface area contributed by atoms with Crippen LogP contribution >= 0.6 is 7.60 Å². The Morgan fingerprint density at radius 1 is 1.47 bits per heavy atom. The third-order valence-corrected chi connectivity index (χ3v) is 5.58. The molecule has 7 heteroatoms. The number of rotatable bonds is 6. The van der Waals surface area contributed by atoms with Crippen molar-refractivity contribution in [3.63, 3.8) is 0 Å². The van der Waals surface area contributed by atoms with Gasteiger partial charge in [-0.05, 0) is 19.8 Å². The zero-order valence-corrected chi connectivity index (χ0v) is 13.1. The number of hydrogen-bond acceptors (Lipinski definition) is 5. The lowest BCUT2D eigenvalue weighted by atomic mass is 9.95. The first-order valence-electron chi connectivity index (χ1n) is 6.46. The van der Waals surface area contributed by atoms with Crippen LogP contribution in [-0.4, -0.2) is 47.4 Å². The number of methoxy groups -OCH3 is 1. The van der Waals surface area contributed by atoms with Crippen molar-refractivity contribution in [3.05, 3.63) is 0 Å². The summed E-state index contributed by atoms with van der Waals surface area (Å²) in [5, 5.41) is 9.15. The second-order valence-electron chi connectivity index (χ2n) is 5.74. The maximum atomic E-state index is 12.3. The van der Waals surface area contributed by atoms with Crippen LogP contribution in [0.5, 0.6) is 0 Å². The molecule has 1 saturated heterocycles. The highest BCUT2D eigenvalue weighted by molar-refractivity contribution is 7.53. The van der Waals surface area contributed by atoms with E-state index in [1.165, 1.54) is 7.11 Å². The van der Waals surface area contributed by atoms with Gasteiger partial charge in [-0.1, -0.05) is 13.8 Å². The molecular formula is C12H25O6P. The van der Waals surface area contributed by atoms with Gasteiger partial charge in [-0.3, -0.25) is 4.57 Å². The van der Waals surface area contributed by atoms with E-state index in [1.807, 2.05) is 13.8 Å². The lowest BCUT2D eigenvalue weighted by Crippen LogP contribution is -2.31. The van der Waals surface area contributed by atoms with Gasteiger partial charge < -0.3 is 24.0 Å². The van der Waals surface area contributed by atoms with Crippen LogP contribution in [0.1, 0.15) is 34.1 Å². The van der Waals surface area contributed by atoms with Gasteiger partial charge in [0, 0.05) is 13.5 Å². The van der Waals surface area contributed by atoms with Crippen LogP contribution in [-0.2, 0) is 18.6 Å². The molecule has 19 heavy (non-hydrogen) atoms. The van der Waals surface area contributed by atoms with E-state index in [9.17, 15) is 9.46 Å². The molecule has 0 radical (unpaired) electrons. The van der Waals surface area contributed by atoms with Gasteiger partial charge >= 0.3 is 7.60 Å². The fourth-order valence-corrected chi connectivity index (χ4v) is 3.60. The fraction of sp³-hybridized carbons (Fsp3) is 1.00. The Hall–Kier alpha value is 0.0300. The molecule has 0 saturated carbocycles. The van der Waals surface area contributed by atoms with Gasteiger partial charge in [-0.2, -0.15) is 0 Å². The highest BCUT2D eigenvalue weighted by Crippen LogP contribution is 2.56. The van der Waals surface area contributed by atoms with E-state index in [0.717, 1.165) is 0 Å². The average molecular weight is 296 g/mol. The summed E-state index contributed by atoms with van der Waals surface area (Å²) in [5.74, 6) is -0.867. The zero-order chi connectivity index (χ0) is 14.8. The minimum absolute atomic E-state index is 0.0845. The van der Waals surface area contributed by atoms with E-state index in [2.05, 4.69) is 0 Å². The summed E-state index contributed by atoms with van der Waals surface area (Å²) >= 11 is 0. The predicted molar refractivity (Wildman–Crippen MR) is 71.0 cm³/mol. The van der Waals surface area contributed by atoms with Crippen molar-refractivity contribution < 1.29 is 28.6 Å². The molecule has 1 aliphatic heterocycles. The van der Waals surface area contributed by atoms with Gasteiger partial charge in [0.1, 0.15) is 6.10 Å². The van der Waals surface area contributed by atoms with Crippen molar-refractivity contribution in [3.8, 4) is 0 Å². The van der Waals surface area contributed by atoms with Crippen molar-refractivity contribution >= 4 is 7.60 Å². The molecule has 2 N–H and O–H groups in total. The lowest BCUT2D eigenvalue weighted by Gasteiger charge is -2.33. The van der Waals surface area contributed by atoms with Gasteiger partial charge in [0.2, 0.25) is 0 Å². The molecule has 0 aromatic heterocycles. The number of ether oxygens (including phenoxy) is 2. The molecule has 1 rings (SSSR count). The smallest absolute Gasteiger partial charge is 0.357 e. The highest BCUT2D eigenvalue weighted by atomic mass is 31.2. The van der Waals surface area contributed by atoms with Crippen LogP contribution < -0.4 is 0 Å². The SMILES string of the molecule is COC1CC(P(=O)(O)OC(C)(C)C(C)C)OC1CO. The van der Waals surface area contributed by atoms with E-state index in [0.29, 0.717) is 0 Å². The van der Waals surface area contributed by atoms with Crippen LogP contribution in [0.3, 0.4) is 0 Å². The molecule has 1 aliphatic rings. The average Bonchev–Trinajstić information content (AvgIpc) is 2.71. The van der Waals surface area contributed by atoms with Crippen LogP contribution in [0.25, 0.3) is 0 Å². The quantitative estimate of drug-likeness (QED) is 0.726. The molecular weight excluding hydrogens is 271 g/mol. The van der Waals surface area contributed by atoms with Gasteiger partial charge in [-0.15, -0.1) is 0 Å². The normalized spacial score (nSPS) is 31.7. The minimum atomic E-state index is -3.93. The molecule has 0 aromatic rings. The van der Waals surface area contributed by atoms with Crippen LogP contribution in [0.4, 0.5) is 0 Å². The van der Waals surface area contributed by atoms with Crippen molar-refractivity contribution in [1.29, 1.82) is 0 Å². The maximum Gasteiger partial charge on any atom is 0.357 e. The second kappa shape index (κ2) is 6.20. The largest absolute Gasteiger partial charge is 0.394 e. The summed E-state index contributed by atoms with van der Waals surface area (Å²) in [7, 11) is -2.44. The standard InChI is InChI=1S/C12H25O6P/c1-8(2)12(3,4)18-19(14,15)11-6-9(16-5)10(7-13)17-11/h8-11,13H,6-7H2,1-5H3,(H,14,15). The number of aliphatic hydroxyl groups is 1. The van der Waals surface area contributed by atoms with Gasteiger partial charge in [0.25, 0.3) is 0 Å². The molecule has 4 atom stereocenters. The highest BCUT2D eigenvalue weighted by Gasteiger charge is 2.48. The second-order valence-corrected chi connectivity index (χ2v) is 7.62. The van der Waals surface area contributed by atoms with E-state index in [-0.39, 0.29) is 25.0 Å². The molecule has 4 unspecified atom stereocenters. The monoisotopic (exact) mass is 296 g/mol. The molecule has 114 valence electrons. The first-order valence-corrected chi connectivity index (χ1v) is 8.11. The third kappa shape index (κ3) is 4.00. The number of aliphatic hydroxyl groups excluding tert-OH is 1. The topological polar surface area (TPSA) is 85.2 Å². The molecule has 0 aromatic carbocycles. The van der Waals surface area contributed by atoms with Crippen molar-refractivity contribution in [2.45, 2.75) is 57.8 Å². The van der Waals surface area contributed by atoms with Gasteiger partial charge in [0.05, 0.1) is 18.3 Å². The zero-order valence-electron chi connectivity index (χ0n) is 12.2. The minimum Gasteiger partial charge on any atom is -0.394 e. The Kier molecular flexibility index (Phi) is 5.58. The Bertz CT molecular complexity index is 331. The summed E-state index contributed by atoms with van der Waals surface area (Å²) in [5.41, 5.74) is -0.729. The van der Waals surface area contributed by atoms with Crippen LogP contribution in [0.15, 0.2) is 0 Å². The summed E-state index contributed by atoms with van der Waals surface area (Å²) in [6.07, 6.45) is -0.730. The van der Waals surface area contributed by atoms with Gasteiger partial charge in [0.15, 0.2) is 5.85 Å². The summed E-state index contributed by atoms with van der Waals surface area (Å²) < 4.78 is 28.3. The van der Waals surface area contributed by atoms with Crippen LogP contribution in [0, 0.1) is 5.92 Å². The van der Waals surface area contributed by atoms with Crippen LogP contribution in [0.2, 0.25) is 0 Å². The molecule has 1 heterocycles. The van der Waals surface area contributed by atoms with E-state index >= 15 is 0 Å². The first kappa shape index (κ1) is 17.1. The Morgan fingerprint density at radius 2 is 2.05 bits per heavy atom. The lowest BCUT2D eigenvalue weighted by molar-refractivity contribution is -0.0301. The molecule has 0 spiro atoms. The Balaban J connectivity index is 2.77. The molecule has 0 amide bonds.